The van der Waals surface area contributed by atoms with Gasteiger partial charge in [-0.2, -0.15) is 0 Å². The maximum absolute atomic E-state index is 11.3. The number of allylic oxidation sites excluding steroid dienone is 2. The molecule has 2 saturated heterocycles. The van der Waals surface area contributed by atoms with Gasteiger partial charge in [-0.1, -0.05) is 12.2 Å². The molecule has 2 aliphatic heterocycles. The minimum atomic E-state index is 0.252. The highest BCUT2D eigenvalue weighted by Gasteiger charge is 2.37. The Hall–Kier alpha value is -0.830. The van der Waals surface area contributed by atoms with E-state index in [4.69, 9.17) is 0 Å². The highest BCUT2D eigenvalue weighted by atomic mass is 16.1. The molecular formula is C16H26N2O. The predicted molar refractivity (Wildman–Crippen MR) is 76.8 cm³/mol. The van der Waals surface area contributed by atoms with Crippen LogP contribution in [-0.2, 0) is 4.79 Å². The topological polar surface area (TPSA) is 32.3 Å². The van der Waals surface area contributed by atoms with Crippen LogP contribution in [0.3, 0.4) is 0 Å². The molecule has 0 saturated carbocycles. The number of carbonyl (C=O) groups excluding carboxylic acids is 1. The minimum absolute atomic E-state index is 0.252. The van der Waals surface area contributed by atoms with Crippen molar-refractivity contribution in [3.05, 3.63) is 12.2 Å². The average Bonchev–Trinajstić information content (AvgIpc) is 2.46. The van der Waals surface area contributed by atoms with Crippen LogP contribution in [0.2, 0.25) is 0 Å². The molecule has 1 atom stereocenters. The number of piperidine rings is 2. The SMILES string of the molecule is O=C1CCC2(CCN(C[C@@H]3CC=CCC3)CC2)CN1. The van der Waals surface area contributed by atoms with E-state index in [1.54, 1.807) is 0 Å². The third-order valence-corrected chi connectivity index (χ3v) is 5.35. The van der Waals surface area contributed by atoms with E-state index in [1.807, 2.05) is 0 Å². The first-order valence-corrected chi connectivity index (χ1v) is 7.90. The van der Waals surface area contributed by atoms with Crippen molar-refractivity contribution in [2.75, 3.05) is 26.2 Å². The molecule has 2 heterocycles. The fourth-order valence-electron chi connectivity index (χ4n) is 3.87. The number of hydrogen-bond donors (Lipinski definition) is 1. The maximum Gasteiger partial charge on any atom is 0.220 e. The van der Waals surface area contributed by atoms with Gasteiger partial charge in [-0.05, 0) is 62.9 Å². The molecular weight excluding hydrogens is 236 g/mol. The first kappa shape index (κ1) is 13.2. The van der Waals surface area contributed by atoms with E-state index in [0.29, 0.717) is 5.41 Å². The monoisotopic (exact) mass is 262 g/mol. The molecule has 0 aromatic rings. The summed E-state index contributed by atoms with van der Waals surface area (Å²) in [5.74, 6) is 1.13. The van der Waals surface area contributed by atoms with Crippen molar-refractivity contribution in [3.63, 3.8) is 0 Å². The fraction of sp³-hybridized carbons (Fsp3) is 0.812. The molecule has 3 nitrogen and oxygen atoms in total. The molecule has 1 spiro atoms. The Morgan fingerprint density at radius 1 is 1.26 bits per heavy atom. The standard InChI is InChI=1S/C16H26N2O/c19-15-6-7-16(13-17-15)8-10-18(11-9-16)12-14-4-2-1-3-5-14/h1-2,14H,3-13H2,(H,17,19)/t14-/m1/s1. The van der Waals surface area contributed by atoms with Gasteiger partial charge in [0.05, 0.1) is 0 Å². The molecule has 106 valence electrons. The van der Waals surface area contributed by atoms with Crippen LogP contribution in [0.15, 0.2) is 12.2 Å². The van der Waals surface area contributed by atoms with Crippen molar-refractivity contribution < 1.29 is 4.79 Å². The Bertz CT molecular complexity index is 344. The number of rotatable bonds is 2. The number of nitrogens with one attached hydrogen (secondary N) is 1. The zero-order chi connectivity index (χ0) is 13.1. The van der Waals surface area contributed by atoms with Crippen LogP contribution in [0.5, 0.6) is 0 Å². The van der Waals surface area contributed by atoms with E-state index in [2.05, 4.69) is 22.4 Å². The summed E-state index contributed by atoms with van der Waals surface area (Å²) < 4.78 is 0. The molecule has 1 amide bonds. The Morgan fingerprint density at radius 2 is 2.11 bits per heavy atom. The molecule has 3 rings (SSSR count). The lowest BCUT2D eigenvalue weighted by atomic mass is 9.73. The van der Waals surface area contributed by atoms with E-state index in [-0.39, 0.29) is 5.91 Å². The largest absolute Gasteiger partial charge is 0.356 e. The van der Waals surface area contributed by atoms with Crippen molar-refractivity contribution in [2.45, 2.75) is 44.9 Å². The van der Waals surface area contributed by atoms with Crippen molar-refractivity contribution >= 4 is 5.91 Å². The maximum atomic E-state index is 11.3. The summed E-state index contributed by atoms with van der Waals surface area (Å²) in [6.45, 7) is 4.67. The number of likely N-dealkylation sites (tertiary alicyclic amines) is 1. The van der Waals surface area contributed by atoms with E-state index in [9.17, 15) is 4.79 Å². The van der Waals surface area contributed by atoms with Crippen LogP contribution in [0.1, 0.15) is 44.9 Å². The second kappa shape index (κ2) is 5.66. The lowest BCUT2D eigenvalue weighted by Crippen LogP contribution is -2.50. The van der Waals surface area contributed by atoms with Gasteiger partial charge in [-0.3, -0.25) is 4.79 Å². The average molecular weight is 262 g/mol. The van der Waals surface area contributed by atoms with Gasteiger partial charge in [-0.15, -0.1) is 0 Å². The summed E-state index contributed by atoms with van der Waals surface area (Å²) in [5, 5.41) is 3.07. The van der Waals surface area contributed by atoms with Gasteiger partial charge in [0, 0.05) is 19.5 Å². The number of hydrogen-bond acceptors (Lipinski definition) is 2. The third-order valence-electron chi connectivity index (χ3n) is 5.35. The van der Waals surface area contributed by atoms with Crippen molar-refractivity contribution in [1.82, 2.24) is 10.2 Å². The van der Waals surface area contributed by atoms with Gasteiger partial charge in [0.25, 0.3) is 0 Å². The van der Waals surface area contributed by atoms with Gasteiger partial charge in [0.15, 0.2) is 0 Å². The summed E-state index contributed by atoms with van der Waals surface area (Å²) >= 11 is 0. The molecule has 2 fully saturated rings. The summed E-state index contributed by atoms with van der Waals surface area (Å²) in [5.41, 5.74) is 0.427. The number of amides is 1. The molecule has 0 aromatic heterocycles. The minimum Gasteiger partial charge on any atom is -0.356 e. The smallest absolute Gasteiger partial charge is 0.220 e. The first-order valence-electron chi connectivity index (χ1n) is 7.90. The fourth-order valence-corrected chi connectivity index (χ4v) is 3.87. The van der Waals surface area contributed by atoms with E-state index < -0.39 is 0 Å². The van der Waals surface area contributed by atoms with Gasteiger partial charge >= 0.3 is 0 Å². The zero-order valence-electron chi connectivity index (χ0n) is 11.9. The van der Waals surface area contributed by atoms with Crippen LogP contribution in [0.25, 0.3) is 0 Å². The van der Waals surface area contributed by atoms with Gasteiger partial charge < -0.3 is 10.2 Å². The van der Waals surface area contributed by atoms with Gasteiger partial charge in [0.2, 0.25) is 5.91 Å². The normalized spacial score (nSPS) is 31.4. The van der Waals surface area contributed by atoms with Gasteiger partial charge in [0.1, 0.15) is 0 Å². The highest BCUT2D eigenvalue weighted by Crippen LogP contribution is 2.38. The predicted octanol–water partition coefficient (Wildman–Crippen LogP) is 2.33. The van der Waals surface area contributed by atoms with E-state index >= 15 is 0 Å². The second-order valence-electron chi connectivity index (χ2n) is 6.73. The first-order chi connectivity index (χ1) is 9.26. The molecule has 0 aromatic carbocycles. The van der Waals surface area contributed by atoms with Crippen LogP contribution in [0.4, 0.5) is 0 Å². The number of carbonyl (C=O) groups is 1. The van der Waals surface area contributed by atoms with Crippen molar-refractivity contribution in [2.24, 2.45) is 11.3 Å². The van der Waals surface area contributed by atoms with Crippen LogP contribution >= 0.6 is 0 Å². The molecule has 0 unspecified atom stereocenters. The second-order valence-corrected chi connectivity index (χ2v) is 6.73. The summed E-state index contributed by atoms with van der Waals surface area (Å²) in [7, 11) is 0. The van der Waals surface area contributed by atoms with Crippen LogP contribution in [0, 0.1) is 11.3 Å². The molecule has 3 heteroatoms. The number of nitrogens with zero attached hydrogens (tertiary/aromatic N) is 1. The summed E-state index contributed by atoms with van der Waals surface area (Å²) in [4.78, 5) is 13.9. The molecule has 1 aliphatic carbocycles. The van der Waals surface area contributed by atoms with E-state index in [1.165, 1.54) is 51.7 Å². The molecule has 3 aliphatic rings. The Labute approximate surface area is 116 Å². The Balaban J connectivity index is 1.46. The molecule has 0 radical (unpaired) electrons. The summed E-state index contributed by atoms with van der Waals surface area (Å²) in [6, 6.07) is 0. The lowest BCUT2D eigenvalue weighted by molar-refractivity contribution is -0.125. The molecule has 19 heavy (non-hydrogen) atoms. The Kier molecular flexibility index (Phi) is 3.92. The van der Waals surface area contributed by atoms with Crippen LogP contribution < -0.4 is 5.32 Å². The highest BCUT2D eigenvalue weighted by molar-refractivity contribution is 5.76. The van der Waals surface area contributed by atoms with Crippen molar-refractivity contribution in [3.8, 4) is 0 Å². The molecule has 0 bridgehead atoms. The van der Waals surface area contributed by atoms with Crippen molar-refractivity contribution in [1.29, 1.82) is 0 Å². The Morgan fingerprint density at radius 3 is 2.74 bits per heavy atom. The third kappa shape index (κ3) is 3.19. The van der Waals surface area contributed by atoms with Crippen LogP contribution in [-0.4, -0.2) is 37.0 Å². The lowest BCUT2D eigenvalue weighted by Gasteiger charge is -2.44. The van der Waals surface area contributed by atoms with Gasteiger partial charge in [-0.25, -0.2) is 0 Å². The van der Waals surface area contributed by atoms with E-state index in [0.717, 1.165) is 25.3 Å². The summed E-state index contributed by atoms with van der Waals surface area (Å²) in [6.07, 6.45) is 13.0. The quantitative estimate of drug-likeness (QED) is 0.775. The zero-order valence-corrected chi connectivity index (χ0v) is 11.9. The molecule has 1 N–H and O–H groups in total.